The van der Waals surface area contributed by atoms with Gasteiger partial charge in [-0.3, -0.25) is 4.68 Å². The third kappa shape index (κ3) is 3.90. The van der Waals surface area contributed by atoms with E-state index in [1.807, 2.05) is 42.8 Å². The highest BCUT2D eigenvalue weighted by Gasteiger charge is 2.12. The first-order chi connectivity index (χ1) is 12.6. The van der Waals surface area contributed by atoms with E-state index in [9.17, 15) is 4.79 Å². The fraction of sp³-hybridized carbons (Fsp3) is 0.333. The van der Waals surface area contributed by atoms with Crippen LogP contribution < -0.4 is 10.6 Å². The number of nitrogens with zero attached hydrogens (tertiary/aromatic N) is 5. The van der Waals surface area contributed by atoms with Crippen molar-refractivity contribution in [3.05, 3.63) is 53.9 Å². The van der Waals surface area contributed by atoms with Crippen LogP contribution in [0.4, 0.5) is 10.5 Å². The standard InChI is InChI=1S/C18H23N7O/c1-4-8-24-14(3)17(13(2)23-24)10-20-18(26)22-15-6-5-7-16(9-15)25-12-19-11-21-25/h5-7,9,11-12H,4,8,10H2,1-3H3,(H2,20,22,26). The molecule has 2 aromatic heterocycles. The summed E-state index contributed by atoms with van der Waals surface area (Å²) in [6.45, 7) is 7.45. The Balaban J connectivity index is 1.62. The van der Waals surface area contributed by atoms with Crippen molar-refractivity contribution in [2.75, 3.05) is 5.32 Å². The number of benzene rings is 1. The van der Waals surface area contributed by atoms with Crippen LogP contribution in [0.1, 0.15) is 30.3 Å². The van der Waals surface area contributed by atoms with E-state index in [1.165, 1.54) is 6.33 Å². The topological polar surface area (TPSA) is 89.7 Å². The predicted molar refractivity (Wildman–Crippen MR) is 99.2 cm³/mol. The summed E-state index contributed by atoms with van der Waals surface area (Å²) >= 11 is 0. The molecule has 3 rings (SSSR count). The molecule has 0 aliphatic rings. The number of nitrogens with one attached hydrogen (secondary N) is 2. The second-order valence-corrected chi connectivity index (χ2v) is 6.07. The number of anilines is 1. The normalized spacial score (nSPS) is 10.7. The first-order valence-corrected chi connectivity index (χ1v) is 8.61. The fourth-order valence-electron chi connectivity index (χ4n) is 2.83. The van der Waals surface area contributed by atoms with Crippen LogP contribution in [-0.4, -0.2) is 30.6 Å². The van der Waals surface area contributed by atoms with Crippen molar-refractivity contribution in [3.63, 3.8) is 0 Å². The molecule has 0 aliphatic heterocycles. The molecule has 2 N–H and O–H groups in total. The SMILES string of the molecule is CCCn1nc(C)c(CNC(=O)Nc2cccc(-n3cncn3)c2)c1C. The number of aromatic nitrogens is 5. The van der Waals surface area contributed by atoms with Gasteiger partial charge in [0, 0.05) is 30.0 Å². The van der Waals surface area contributed by atoms with E-state index in [1.54, 1.807) is 11.0 Å². The molecule has 0 aliphatic carbocycles. The van der Waals surface area contributed by atoms with Gasteiger partial charge in [0.1, 0.15) is 12.7 Å². The van der Waals surface area contributed by atoms with Gasteiger partial charge in [0.2, 0.25) is 0 Å². The van der Waals surface area contributed by atoms with Gasteiger partial charge >= 0.3 is 6.03 Å². The molecule has 2 heterocycles. The van der Waals surface area contributed by atoms with E-state index in [4.69, 9.17) is 0 Å². The second-order valence-electron chi connectivity index (χ2n) is 6.07. The maximum atomic E-state index is 12.3. The van der Waals surface area contributed by atoms with E-state index in [2.05, 4.69) is 32.7 Å². The van der Waals surface area contributed by atoms with Crippen LogP contribution >= 0.6 is 0 Å². The van der Waals surface area contributed by atoms with Gasteiger partial charge < -0.3 is 10.6 Å². The lowest BCUT2D eigenvalue weighted by molar-refractivity contribution is 0.251. The Morgan fingerprint density at radius 1 is 1.27 bits per heavy atom. The summed E-state index contributed by atoms with van der Waals surface area (Å²) in [5.41, 5.74) is 4.62. The zero-order chi connectivity index (χ0) is 18.5. The molecule has 0 bridgehead atoms. The highest BCUT2D eigenvalue weighted by molar-refractivity contribution is 5.89. The lowest BCUT2D eigenvalue weighted by atomic mass is 10.2. The molecular formula is C18H23N7O. The lowest BCUT2D eigenvalue weighted by Gasteiger charge is -2.09. The quantitative estimate of drug-likeness (QED) is 0.713. The van der Waals surface area contributed by atoms with Gasteiger partial charge in [-0.2, -0.15) is 10.2 Å². The number of aryl methyl sites for hydroxylation is 2. The van der Waals surface area contributed by atoms with Gasteiger partial charge in [0.25, 0.3) is 0 Å². The molecular weight excluding hydrogens is 330 g/mol. The molecule has 136 valence electrons. The van der Waals surface area contributed by atoms with E-state index in [0.29, 0.717) is 12.2 Å². The van der Waals surface area contributed by atoms with Crippen molar-refractivity contribution in [3.8, 4) is 5.69 Å². The van der Waals surface area contributed by atoms with Crippen LogP contribution in [0.25, 0.3) is 5.69 Å². The maximum absolute atomic E-state index is 12.3. The van der Waals surface area contributed by atoms with Crippen molar-refractivity contribution in [2.45, 2.75) is 40.3 Å². The summed E-state index contributed by atoms with van der Waals surface area (Å²) in [5, 5.41) is 14.4. The predicted octanol–water partition coefficient (Wildman–Crippen LogP) is 2.81. The Bertz CT molecular complexity index is 883. The average molecular weight is 353 g/mol. The van der Waals surface area contributed by atoms with Crippen molar-refractivity contribution < 1.29 is 4.79 Å². The monoisotopic (exact) mass is 353 g/mol. The van der Waals surface area contributed by atoms with Gasteiger partial charge in [0.05, 0.1) is 11.4 Å². The van der Waals surface area contributed by atoms with Crippen LogP contribution in [0.3, 0.4) is 0 Å². The molecule has 3 aromatic rings. The van der Waals surface area contributed by atoms with Crippen LogP contribution in [-0.2, 0) is 13.1 Å². The highest BCUT2D eigenvalue weighted by atomic mass is 16.2. The number of hydrogen-bond donors (Lipinski definition) is 2. The first-order valence-electron chi connectivity index (χ1n) is 8.61. The Morgan fingerprint density at radius 2 is 2.12 bits per heavy atom. The summed E-state index contributed by atoms with van der Waals surface area (Å²) in [4.78, 5) is 16.2. The highest BCUT2D eigenvalue weighted by Crippen LogP contribution is 2.15. The molecule has 0 fully saturated rings. The van der Waals surface area contributed by atoms with Crippen LogP contribution in [0.5, 0.6) is 0 Å². The molecule has 2 amide bonds. The smallest absolute Gasteiger partial charge is 0.319 e. The molecule has 0 radical (unpaired) electrons. The molecule has 8 heteroatoms. The van der Waals surface area contributed by atoms with Gasteiger partial charge in [-0.05, 0) is 38.5 Å². The van der Waals surface area contributed by atoms with Crippen molar-refractivity contribution in [1.29, 1.82) is 0 Å². The third-order valence-corrected chi connectivity index (χ3v) is 4.18. The number of urea groups is 1. The lowest BCUT2D eigenvalue weighted by Crippen LogP contribution is -2.28. The zero-order valence-electron chi connectivity index (χ0n) is 15.2. The van der Waals surface area contributed by atoms with E-state index < -0.39 is 0 Å². The summed E-state index contributed by atoms with van der Waals surface area (Å²) in [6.07, 6.45) is 4.10. The summed E-state index contributed by atoms with van der Waals surface area (Å²) in [7, 11) is 0. The van der Waals surface area contributed by atoms with Gasteiger partial charge in [-0.15, -0.1) is 0 Å². The number of rotatable bonds is 6. The molecule has 0 spiro atoms. The third-order valence-electron chi connectivity index (χ3n) is 4.18. The maximum Gasteiger partial charge on any atom is 0.319 e. The first kappa shape index (κ1) is 17.7. The Hall–Kier alpha value is -3.16. The van der Waals surface area contributed by atoms with Gasteiger partial charge in [-0.25, -0.2) is 14.5 Å². The summed E-state index contributed by atoms with van der Waals surface area (Å²) in [6, 6.07) is 7.16. The minimum absolute atomic E-state index is 0.261. The Morgan fingerprint density at radius 3 is 2.85 bits per heavy atom. The molecule has 1 aromatic carbocycles. The average Bonchev–Trinajstić information content (AvgIpc) is 3.24. The minimum atomic E-state index is -0.261. The Kier molecular flexibility index (Phi) is 5.31. The molecule has 0 unspecified atom stereocenters. The Labute approximate surface area is 152 Å². The molecule has 0 saturated heterocycles. The number of amides is 2. The largest absolute Gasteiger partial charge is 0.334 e. The van der Waals surface area contributed by atoms with Crippen LogP contribution in [0, 0.1) is 13.8 Å². The number of hydrogen-bond acceptors (Lipinski definition) is 4. The van der Waals surface area contributed by atoms with Crippen molar-refractivity contribution in [2.24, 2.45) is 0 Å². The molecule has 0 saturated carbocycles. The van der Waals surface area contributed by atoms with Crippen LogP contribution in [0.15, 0.2) is 36.9 Å². The van der Waals surface area contributed by atoms with Crippen molar-refractivity contribution in [1.82, 2.24) is 29.9 Å². The van der Waals surface area contributed by atoms with Crippen LogP contribution in [0.2, 0.25) is 0 Å². The zero-order valence-corrected chi connectivity index (χ0v) is 15.2. The number of carbonyl (C=O) groups is 1. The van der Waals surface area contributed by atoms with Gasteiger partial charge in [-0.1, -0.05) is 13.0 Å². The summed E-state index contributed by atoms with van der Waals surface area (Å²) in [5.74, 6) is 0. The fourth-order valence-corrected chi connectivity index (χ4v) is 2.83. The second kappa shape index (κ2) is 7.81. The molecule has 0 atom stereocenters. The molecule has 26 heavy (non-hydrogen) atoms. The van der Waals surface area contributed by atoms with E-state index in [-0.39, 0.29) is 6.03 Å². The van der Waals surface area contributed by atoms with E-state index >= 15 is 0 Å². The summed E-state index contributed by atoms with van der Waals surface area (Å²) < 4.78 is 3.63. The van der Waals surface area contributed by atoms with Gasteiger partial charge in [0.15, 0.2) is 0 Å². The minimum Gasteiger partial charge on any atom is -0.334 e. The molecule has 8 nitrogen and oxygen atoms in total. The number of carbonyl (C=O) groups excluding carboxylic acids is 1. The van der Waals surface area contributed by atoms with Crippen molar-refractivity contribution >= 4 is 11.7 Å². The van der Waals surface area contributed by atoms with E-state index in [0.717, 1.165) is 35.6 Å².